The van der Waals surface area contributed by atoms with E-state index in [1.165, 1.54) is 0 Å². The molecule has 3 aromatic rings. The summed E-state index contributed by atoms with van der Waals surface area (Å²) in [5.41, 5.74) is 6.34. The van der Waals surface area contributed by atoms with Gasteiger partial charge in [0.15, 0.2) is 5.11 Å². The average Bonchev–Trinajstić information content (AvgIpc) is 3.54. The van der Waals surface area contributed by atoms with Crippen LogP contribution in [0.25, 0.3) is 5.69 Å². The van der Waals surface area contributed by atoms with Crippen LogP contribution in [-0.4, -0.2) is 49.9 Å². The molecule has 1 aromatic carbocycles. The van der Waals surface area contributed by atoms with Crippen molar-refractivity contribution in [3.8, 4) is 5.69 Å². The third-order valence-electron chi connectivity index (χ3n) is 7.11. The Balaban J connectivity index is 1.62. The number of carboxylic acids is 1. The summed E-state index contributed by atoms with van der Waals surface area (Å²) >= 11 is 5.83. The molecule has 2 aliphatic heterocycles. The summed E-state index contributed by atoms with van der Waals surface area (Å²) < 4.78 is 8.11. The second-order valence-electron chi connectivity index (χ2n) is 9.38. The van der Waals surface area contributed by atoms with Crippen LogP contribution in [0.2, 0.25) is 0 Å². The van der Waals surface area contributed by atoms with Crippen molar-refractivity contribution in [2.45, 2.75) is 51.8 Å². The maximum absolute atomic E-state index is 11.7. The fourth-order valence-corrected chi connectivity index (χ4v) is 5.70. The molecule has 0 unspecified atom stereocenters. The first-order valence-corrected chi connectivity index (χ1v) is 12.4. The van der Waals surface area contributed by atoms with Gasteiger partial charge < -0.3 is 24.6 Å². The Kier molecular flexibility index (Phi) is 6.34. The Morgan fingerprint density at radius 1 is 1.23 bits per heavy atom. The van der Waals surface area contributed by atoms with Gasteiger partial charge in [0.05, 0.1) is 29.4 Å². The maximum Gasteiger partial charge on any atom is 0.335 e. The van der Waals surface area contributed by atoms with E-state index in [0.717, 1.165) is 59.9 Å². The smallest absolute Gasteiger partial charge is 0.335 e. The minimum absolute atomic E-state index is 0.0653. The number of thiocarbonyl (C=S) groups is 1. The SMILES string of the molecule is Cc1ccc(C(=O)O)cc1-n1c(C)cc([C@@H]2[C@@H](c3ccccn3)NC(=S)N2C[C@H]2CCCO2)c1C. The maximum atomic E-state index is 11.7. The van der Waals surface area contributed by atoms with Gasteiger partial charge >= 0.3 is 5.97 Å². The van der Waals surface area contributed by atoms with E-state index >= 15 is 0 Å². The lowest BCUT2D eigenvalue weighted by atomic mass is 9.96. The Labute approximate surface area is 210 Å². The molecule has 0 aliphatic carbocycles. The first-order chi connectivity index (χ1) is 16.8. The molecule has 182 valence electrons. The molecule has 3 atom stereocenters. The Morgan fingerprint density at radius 3 is 2.74 bits per heavy atom. The molecular formula is C27H30N4O3S. The lowest BCUT2D eigenvalue weighted by molar-refractivity contribution is 0.0696. The highest BCUT2D eigenvalue weighted by Gasteiger charge is 2.42. The quantitative estimate of drug-likeness (QED) is 0.487. The van der Waals surface area contributed by atoms with Crippen molar-refractivity contribution in [2.24, 2.45) is 0 Å². The minimum atomic E-state index is -0.933. The van der Waals surface area contributed by atoms with Crippen LogP contribution in [0.4, 0.5) is 0 Å². The van der Waals surface area contributed by atoms with E-state index in [0.29, 0.717) is 5.11 Å². The van der Waals surface area contributed by atoms with Crippen LogP contribution in [0.3, 0.4) is 0 Å². The fourth-order valence-electron chi connectivity index (χ4n) is 5.39. The van der Waals surface area contributed by atoms with Gasteiger partial charge in [-0.3, -0.25) is 4.98 Å². The molecule has 4 heterocycles. The number of aromatic nitrogens is 2. The molecule has 0 radical (unpaired) electrons. The highest BCUT2D eigenvalue weighted by molar-refractivity contribution is 7.80. The molecule has 2 fully saturated rings. The second kappa shape index (κ2) is 9.43. The summed E-state index contributed by atoms with van der Waals surface area (Å²) in [4.78, 5) is 18.6. The molecule has 35 heavy (non-hydrogen) atoms. The van der Waals surface area contributed by atoms with Crippen molar-refractivity contribution < 1.29 is 14.6 Å². The van der Waals surface area contributed by atoms with Gasteiger partial charge in [-0.25, -0.2) is 4.79 Å². The van der Waals surface area contributed by atoms with Crippen LogP contribution < -0.4 is 5.32 Å². The lowest BCUT2D eigenvalue weighted by Gasteiger charge is -2.30. The van der Waals surface area contributed by atoms with Crippen LogP contribution in [-0.2, 0) is 4.74 Å². The number of carboxylic acid groups (broad SMARTS) is 1. The van der Waals surface area contributed by atoms with Gasteiger partial charge in [-0.05, 0) is 87.3 Å². The van der Waals surface area contributed by atoms with Gasteiger partial charge in [0.1, 0.15) is 0 Å². The van der Waals surface area contributed by atoms with E-state index in [4.69, 9.17) is 17.0 Å². The van der Waals surface area contributed by atoms with Crippen molar-refractivity contribution in [2.75, 3.05) is 13.2 Å². The first kappa shape index (κ1) is 23.5. The van der Waals surface area contributed by atoms with Crippen LogP contribution in [0.5, 0.6) is 0 Å². The van der Waals surface area contributed by atoms with E-state index in [9.17, 15) is 9.90 Å². The largest absolute Gasteiger partial charge is 0.478 e. The Bertz CT molecular complexity index is 1270. The van der Waals surface area contributed by atoms with E-state index < -0.39 is 5.97 Å². The van der Waals surface area contributed by atoms with Crippen molar-refractivity contribution in [3.63, 3.8) is 0 Å². The number of aryl methyl sites for hydroxylation is 2. The molecule has 5 rings (SSSR count). The van der Waals surface area contributed by atoms with E-state index in [1.54, 1.807) is 12.1 Å². The number of nitrogens with zero attached hydrogens (tertiary/aromatic N) is 3. The molecule has 8 heteroatoms. The summed E-state index contributed by atoms with van der Waals surface area (Å²) in [5, 5.41) is 13.8. The summed E-state index contributed by atoms with van der Waals surface area (Å²) in [6.07, 6.45) is 4.06. The van der Waals surface area contributed by atoms with Crippen LogP contribution in [0.15, 0.2) is 48.7 Å². The number of rotatable bonds is 6. The molecule has 2 aliphatic rings. The normalized spacial score (nSPS) is 22.0. The van der Waals surface area contributed by atoms with Gasteiger partial charge in [-0.2, -0.15) is 0 Å². The average molecular weight is 491 g/mol. The summed E-state index contributed by atoms with van der Waals surface area (Å²) in [6.45, 7) is 7.67. The van der Waals surface area contributed by atoms with Crippen LogP contribution in [0, 0.1) is 20.8 Å². The van der Waals surface area contributed by atoms with Gasteiger partial charge in [0.25, 0.3) is 0 Å². The van der Waals surface area contributed by atoms with E-state index in [-0.39, 0.29) is 23.8 Å². The molecule has 0 saturated carbocycles. The predicted molar refractivity (Wildman–Crippen MR) is 138 cm³/mol. The molecular weight excluding hydrogens is 460 g/mol. The summed E-state index contributed by atoms with van der Waals surface area (Å²) in [7, 11) is 0. The zero-order valence-corrected chi connectivity index (χ0v) is 21.0. The van der Waals surface area contributed by atoms with Crippen molar-refractivity contribution in [1.82, 2.24) is 19.8 Å². The van der Waals surface area contributed by atoms with Gasteiger partial charge in [0, 0.05) is 36.4 Å². The molecule has 0 spiro atoms. The molecule has 2 saturated heterocycles. The number of aromatic carboxylic acids is 1. The first-order valence-electron chi connectivity index (χ1n) is 12.0. The molecule has 0 bridgehead atoms. The third kappa shape index (κ3) is 4.32. The number of hydrogen-bond donors (Lipinski definition) is 2. The number of hydrogen-bond acceptors (Lipinski definition) is 4. The molecule has 7 nitrogen and oxygen atoms in total. The van der Waals surface area contributed by atoms with Crippen molar-refractivity contribution >= 4 is 23.3 Å². The minimum Gasteiger partial charge on any atom is -0.478 e. The molecule has 2 aromatic heterocycles. The number of pyridine rings is 1. The highest BCUT2D eigenvalue weighted by atomic mass is 32.1. The highest BCUT2D eigenvalue weighted by Crippen LogP contribution is 2.42. The zero-order chi connectivity index (χ0) is 24.7. The number of carbonyl (C=O) groups is 1. The molecule has 0 amide bonds. The van der Waals surface area contributed by atoms with E-state index in [1.807, 2.05) is 37.4 Å². The number of ether oxygens (including phenoxy) is 1. The topological polar surface area (TPSA) is 79.6 Å². The standard InChI is InChI=1S/C27H30N4O3S/c1-16-9-10-19(26(32)33)14-23(16)31-17(2)13-21(18(31)3)25-24(22-8-4-5-11-28-22)29-27(35)30(25)15-20-7-6-12-34-20/h4-5,8-11,13-14,20,24-25H,6-7,12,15H2,1-3H3,(H,29,35)(H,32,33)/t20-,24-,25-/m1/s1. The van der Waals surface area contributed by atoms with Gasteiger partial charge in [-0.15, -0.1) is 0 Å². The van der Waals surface area contributed by atoms with E-state index in [2.05, 4.69) is 39.7 Å². The number of benzene rings is 1. The lowest BCUT2D eigenvalue weighted by Crippen LogP contribution is -2.36. The van der Waals surface area contributed by atoms with Gasteiger partial charge in [0.2, 0.25) is 0 Å². The summed E-state index contributed by atoms with van der Waals surface area (Å²) in [6, 6.07) is 13.2. The Hall–Kier alpha value is -3.23. The monoisotopic (exact) mass is 490 g/mol. The Morgan fingerprint density at radius 2 is 2.06 bits per heavy atom. The third-order valence-corrected chi connectivity index (χ3v) is 7.46. The van der Waals surface area contributed by atoms with Crippen molar-refractivity contribution in [1.29, 1.82) is 0 Å². The molecule has 2 N–H and O–H groups in total. The zero-order valence-electron chi connectivity index (χ0n) is 20.2. The second-order valence-corrected chi connectivity index (χ2v) is 9.77. The van der Waals surface area contributed by atoms with Crippen LogP contribution >= 0.6 is 12.2 Å². The van der Waals surface area contributed by atoms with Crippen molar-refractivity contribution in [3.05, 3.63) is 82.4 Å². The predicted octanol–water partition coefficient (Wildman–Crippen LogP) is 4.65. The number of nitrogens with one attached hydrogen (secondary N) is 1. The summed E-state index contributed by atoms with van der Waals surface area (Å²) in [5.74, 6) is -0.933. The fraction of sp³-hybridized carbons (Fsp3) is 0.370. The van der Waals surface area contributed by atoms with Crippen LogP contribution in [0.1, 0.15) is 63.5 Å². The van der Waals surface area contributed by atoms with Gasteiger partial charge in [-0.1, -0.05) is 12.1 Å².